The van der Waals surface area contributed by atoms with Gasteiger partial charge in [-0.1, -0.05) is 48.5 Å². The fraction of sp³-hybridized carbons (Fsp3) is 0. The van der Waals surface area contributed by atoms with Crippen LogP contribution >= 0.6 is 0 Å². The van der Waals surface area contributed by atoms with Gasteiger partial charge in [-0.25, -0.2) is 0 Å². The first kappa shape index (κ1) is 41.2. The summed E-state index contributed by atoms with van der Waals surface area (Å²) in [4.78, 5) is 1.16. The Morgan fingerprint density at radius 2 is 0.379 bits per heavy atom. The molecule has 0 aliphatic carbocycles. The Morgan fingerprint density at radius 3 is 0.606 bits per heavy atom. The average Bonchev–Trinajstić information content (AvgIpc) is 3.31. The molecule has 0 saturated carbocycles. The molecule has 9 rings (SSSR count). The zero-order valence-corrected chi connectivity index (χ0v) is 32.6. The van der Waals surface area contributed by atoms with Crippen molar-refractivity contribution in [2.24, 2.45) is 0 Å². The van der Waals surface area contributed by atoms with Crippen molar-refractivity contribution in [1.82, 2.24) is 0 Å². The molecule has 0 aliphatic heterocycles. The summed E-state index contributed by atoms with van der Waals surface area (Å²) >= 11 is 0. The summed E-state index contributed by atoms with van der Waals surface area (Å²) in [5, 5.41) is 218. The average molecular weight is 907 g/mol. The molecule has 22 nitrogen and oxygen atoms in total. The van der Waals surface area contributed by atoms with Gasteiger partial charge in [-0.05, 0) is 44.5 Å². The monoisotopic (exact) mass is 906 g/mol. The molecule has 0 amide bonds. The molecule has 0 unspecified atom stereocenters. The zero-order chi connectivity index (χ0) is 47.9. The van der Waals surface area contributed by atoms with Crippen LogP contribution in [0.2, 0.25) is 0 Å². The van der Waals surface area contributed by atoms with Crippen LogP contribution in [-0.2, 0) is 0 Å². The van der Waals surface area contributed by atoms with E-state index < -0.39 is 138 Å². The van der Waals surface area contributed by atoms with Crippen LogP contribution in [0.3, 0.4) is 0 Å². The smallest absolute Gasteiger partial charge is 0.208 e. The van der Waals surface area contributed by atoms with Crippen LogP contribution in [0, 0.1) is 0 Å². The van der Waals surface area contributed by atoms with Crippen LogP contribution in [0.5, 0.6) is 115 Å². The molecule has 0 radical (unpaired) electrons. The number of hydrogen-bond acceptors (Lipinski definition) is 22. The number of phenols is 20. The highest BCUT2D eigenvalue weighted by Gasteiger charge is 2.38. The van der Waals surface area contributed by atoms with Gasteiger partial charge in [-0.15, -0.1) is 0 Å². The van der Waals surface area contributed by atoms with Crippen LogP contribution in [-0.4, -0.2) is 102 Å². The first-order chi connectivity index (χ1) is 31.1. The van der Waals surface area contributed by atoms with Crippen molar-refractivity contribution < 1.29 is 102 Å². The number of nitrogens with zero attached hydrogens (tertiary/aromatic N) is 2. The van der Waals surface area contributed by atoms with Gasteiger partial charge in [-0.2, -0.15) is 0 Å². The summed E-state index contributed by atoms with van der Waals surface area (Å²) in [6.07, 6.45) is 0. The Morgan fingerprint density at radius 1 is 0.197 bits per heavy atom. The lowest BCUT2D eigenvalue weighted by Gasteiger charge is -2.31. The second kappa shape index (κ2) is 13.7. The van der Waals surface area contributed by atoms with Crippen LogP contribution in [0.15, 0.2) is 60.7 Å². The molecule has 66 heavy (non-hydrogen) atoms. The lowest BCUT2D eigenvalue weighted by atomic mass is 9.88. The fourth-order valence-electron chi connectivity index (χ4n) is 8.31. The molecular formula is C44H30N2O20. The van der Waals surface area contributed by atoms with Crippen LogP contribution < -0.4 is 9.80 Å². The quantitative estimate of drug-likeness (QED) is 0.0353. The van der Waals surface area contributed by atoms with E-state index in [4.69, 9.17) is 0 Å². The predicted molar refractivity (Wildman–Crippen MR) is 230 cm³/mol. The number of phenolic OH excluding ortho intramolecular Hbond substituents is 20. The summed E-state index contributed by atoms with van der Waals surface area (Å²) in [5.74, 6) is -27.9. The van der Waals surface area contributed by atoms with Gasteiger partial charge in [0.1, 0.15) is 22.7 Å². The molecule has 0 aromatic heterocycles. The Hall–Kier alpha value is -10.1. The molecule has 9 aromatic rings. The molecular weight excluding hydrogens is 876 g/mol. The van der Waals surface area contributed by atoms with E-state index in [-0.39, 0.29) is 22.1 Å². The minimum Gasteiger partial charge on any atom is -0.503 e. The molecule has 0 heterocycles. The lowest BCUT2D eigenvalue weighted by molar-refractivity contribution is 0.326. The number of benzene rings is 9. The minimum absolute atomic E-state index is 0.0878. The van der Waals surface area contributed by atoms with E-state index in [1.165, 1.54) is 48.5 Å². The topological polar surface area (TPSA) is 411 Å². The summed E-state index contributed by atoms with van der Waals surface area (Å²) in [5.41, 5.74) is -4.77. The van der Waals surface area contributed by atoms with Crippen molar-refractivity contribution in [3.8, 4) is 115 Å². The molecule has 0 bridgehead atoms. The first-order valence-corrected chi connectivity index (χ1v) is 18.6. The number of fused-ring (bicyclic) bond motifs is 2. The molecule has 0 fully saturated rings. The maximum Gasteiger partial charge on any atom is 0.208 e. The predicted octanol–water partition coefficient (Wildman–Crippen LogP) is 6.79. The van der Waals surface area contributed by atoms with E-state index >= 15 is 0 Å². The zero-order valence-electron chi connectivity index (χ0n) is 32.6. The van der Waals surface area contributed by atoms with Gasteiger partial charge in [0.05, 0.1) is 11.4 Å². The molecule has 0 atom stereocenters. The molecule has 0 saturated heterocycles. The van der Waals surface area contributed by atoms with Gasteiger partial charge >= 0.3 is 0 Å². The largest absolute Gasteiger partial charge is 0.503 e. The maximum absolute atomic E-state index is 11.2. The van der Waals surface area contributed by atoms with E-state index in [9.17, 15) is 102 Å². The highest BCUT2D eigenvalue weighted by atomic mass is 16.4. The number of rotatable bonds is 6. The van der Waals surface area contributed by atoms with Crippen LogP contribution in [0.1, 0.15) is 0 Å². The van der Waals surface area contributed by atoms with Gasteiger partial charge in [0.2, 0.25) is 69.0 Å². The molecule has 20 N–H and O–H groups in total. The molecule has 0 spiro atoms. The third-order valence-electron chi connectivity index (χ3n) is 11.4. The Kier molecular flexibility index (Phi) is 8.55. The highest BCUT2D eigenvalue weighted by Crippen LogP contribution is 2.66. The molecule has 0 aliphatic rings. The van der Waals surface area contributed by atoms with Crippen molar-refractivity contribution >= 4 is 77.2 Å². The van der Waals surface area contributed by atoms with Gasteiger partial charge < -0.3 is 102 Å². The van der Waals surface area contributed by atoms with Crippen LogP contribution in [0.4, 0.5) is 34.1 Å². The normalized spacial score (nSPS) is 11.6. The van der Waals surface area contributed by atoms with E-state index in [1.54, 1.807) is 12.1 Å². The Balaban J connectivity index is 1.42. The fourth-order valence-corrected chi connectivity index (χ4v) is 8.31. The van der Waals surface area contributed by atoms with Crippen molar-refractivity contribution in [3.05, 3.63) is 60.7 Å². The highest BCUT2D eigenvalue weighted by molar-refractivity contribution is 6.35. The third kappa shape index (κ3) is 5.10. The summed E-state index contributed by atoms with van der Waals surface area (Å²) in [6.45, 7) is 0. The summed E-state index contributed by atoms with van der Waals surface area (Å²) < 4.78 is 0. The van der Waals surface area contributed by atoms with E-state index in [0.29, 0.717) is 42.1 Å². The summed E-state index contributed by atoms with van der Waals surface area (Å²) in [6, 6.07) is 14.4. The number of hydrogen-bond donors (Lipinski definition) is 20. The van der Waals surface area contributed by atoms with Gasteiger partial charge in [-0.3, -0.25) is 9.80 Å². The lowest BCUT2D eigenvalue weighted by Crippen LogP contribution is -2.13. The third-order valence-corrected chi connectivity index (χ3v) is 11.4. The molecule has 9 aromatic carbocycles. The van der Waals surface area contributed by atoms with E-state index in [0.717, 1.165) is 0 Å². The molecule has 336 valence electrons. The van der Waals surface area contributed by atoms with E-state index in [2.05, 4.69) is 0 Å². The first-order valence-electron chi connectivity index (χ1n) is 18.6. The van der Waals surface area contributed by atoms with Crippen LogP contribution in [0.25, 0.3) is 43.1 Å². The van der Waals surface area contributed by atoms with E-state index in [1.807, 2.05) is 0 Å². The van der Waals surface area contributed by atoms with Crippen molar-refractivity contribution in [3.63, 3.8) is 0 Å². The van der Waals surface area contributed by atoms with Crippen molar-refractivity contribution in [2.75, 3.05) is 9.80 Å². The number of anilines is 6. The van der Waals surface area contributed by atoms with Crippen molar-refractivity contribution in [1.29, 1.82) is 0 Å². The SMILES string of the molecule is Oc1c(O)c(O)c(N(c2c(O)c(O)c(O)c(O)c2O)c2ccc3c4cccc5c(N(c6c(O)c(O)c(O)c(O)c6O)c6c(O)c(O)c(O)c(O)c6O)ccc(c6cccc2c63)c54)c(O)c1O. The molecule has 22 heteroatoms. The minimum atomic E-state index is -1.41. The second-order valence-electron chi connectivity index (χ2n) is 14.8. The maximum atomic E-state index is 11.2. The second-order valence-corrected chi connectivity index (χ2v) is 14.8. The van der Waals surface area contributed by atoms with Gasteiger partial charge in [0, 0.05) is 10.8 Å². The Bertz CT molecular complexity index is 3120. The standard InChI is InChI=1S/C44H30N2O20/c47-25-21(26(48)34(56)41(63)33(25)55)45(22-27(49)35(57)42(64)36(58)28(22)50)17-9-8-14-12-4-2-6-16-18(10-7-13(20(12)16)11-3-1-5-15(17)19(11)14)46(23-29(51)37(59)43(65)38(60)30(23)52)24-31(53)39(61)44(66)40(62)32(24)54/h1-10,47-66H. The number of aromatic hydroxyl groups is 20. The Labute approximate surface area is 364 Å². The van der Waals surface area contributed by atoms with Gasteiger partial charge in [0.15, 0.2) is 46.0 Å². The summed E-state index contributed by atoms with van der Waals surface area (Å²) in [7, 11) is 0. The van der Waals surface area contributed by atoms with Gasteiger partial charge in [0.25, 0.3) is 0 Å². The van der Waals surface area contributed by atoms with Crippen molar-refractivity contribution in [2.45, 2.75) is 0 Å².